The number of benzene rings is 2. The number of rotatable bonds is 8. The molecule has 5 rings (SSSR count). The van der Waals surface area contributed by atoms with E-state index in [9.17, 15) is 14.0 Å². The average Bonchev–Trinajstić information content (AvgIpc) is 3.70. The largest absolute Gasteiger partial charge is 0.379 e. The number of halogens is 2. The normalized spacial score (nSPS) is 13.9. The van der Waals surface area contributed by atoms with Gasteiger partial charge in [-0.1, -0.05) is 30.7 Å². The van der Waals surface area contributed by atoms with Crippen LogP contribution in [0.2, 0.25) is 5.02 Å². The first-order valence-corrected chi connectivity index (χ1v) is 12.6. The van der Waals surface area contributed by atoms with E-state index in [1.165, 1.54) is 23.0 Å². The summed E-state index contributed by atoms with van der Waals surface area (Å²) < 4.78 is 14.9. The van der Waals surface area contributed by atoms with Crippen LogP contribution in [0.4, 0.5) is 10.1 Å². The molecular weight excluding hydrogens is 493 g/mol. The monoisotopic (exact) mass is 519 g/mol. The van der Waals surface area contributed by atoms with Crippen LogP contribution < -0.4 is 16.2 Å². The number of hydrogen-bond donors (Lipinski definition) is 2. The van der Waals surface area contributed by atoms with E-state index in [0.29, 0.717) is 22.5 Å². The number of carbonyl (C=O) groups is 1. The third-order valence-electron chi connectivity index (χ3n) is 6.57. The van der Waals surface area contributed by atoms with Crippen molar-refractivity contribution in [2.45, 2.75) is 45.8 Å². The van der Waals surface area contributed by atoms with Gasteiger partial charge in [-0.05, 0) is 61.2 Å². The van der Waals surface area contributed by atoms with Crippen molar-refractivity contribution in [1.82, 2.24) is 19.9 Å². The quantitative estimate of drug-likeness (QED) is 0.338. The number of hydrogen-bond acceptors (Lipinski definition) is 5. The van der Waals surface area contributed by atoms with Gasteiger partial charge in [0.15, 0.2) is 0 Å². The SMILES string of the molecule is Cc1ncc(-c2ccc3ncn(C[C@H](C)C(=O)NC4CC4)c(=O)c3c2)cc1NCc1ccc(F)cc1Cl. The standard InChI is InChI=1S/C28H27ClFN5O2/c1-16(27(36)34-22-6-7-22)14-35-15-33-25-8-4-18(9-23(25)28(35)37)20-10-26(17(2)31-13-20)32-12-19-3-5-21(30)11-24(19)29/h3-5,8-11,13,15-16,22,32H,6-7,12,14H2,1-2H3,(H,34,36)/t16-/m0/s1. The van der Waals surface area contributed by atoms with Gasteiger partial charge in [0.2, 0.25) is 5.91 Å². The fourth-order valence-electron chi connectivity index (χ4n) is 4.14. The number of amides is 1. The zero-order chi connectivity index (χ0) is 26.1. The van der Waals surface area contributed by atoms with Crippen molar-refractivity contribution in [3.63, 3.8) is 0 Å². The molecule has 0 saturated heterocycles. The summed E-state index contributed by atoms with van der Waals surface area (Å²) in [6.45, 7) is 4.37. The molecule has 0 aliphatic heterocycles. The lowest BCUT2D eigenvalue weighted by Crippen LogP contribution is -2.35. The third kappa shape index (κ3) is 5.64. The molecule has 2 aromatic heterocycles. The van der Waals surface area contributed by atoms with Gasteiger partial charge in [-0.3, -0.25) is 19.1 Å². The molecule has 0 unspecified atom stereocenters. The molecule has 4 aromatic rings. The molecule has 0 spiro atoms. The number of fused-ring (bicyclic) bond motifs is 1. The summed E-state index contributed by atoms with van der Waals surface area (Å²) in [4.78, 5) is 34.6. The van der Waals surface area contributed by atoms with Gasteiger partial charge in [0.1, 0.15) is 5.82 Å². The first-order valence-electron chi connectivity index (χ1n) is 12.2. The Balaban J connectivity index is 1.39. The second-order valence-electron chi connectivity index (χ2n) is 9.56. The molecule has 190 valence electrons. The van der Waals surface area contributed by atoms with E-state index < -0.39 is 0 Å². The minimum atomic E-state index is -0.380. The Bertz CT molecular complexity index is 1550. The third-order valence-corrected chi connectivity index (χ3v) is 6.92. The number of anilines is 1. The van der Waals surface area contributed by atoms with Crippen LogP contribution in [0.5, 0.6) is 0 Å². The predicted molar refractivity (Wildman–Crippen MR) is 143 cm³/mol. The van der Waals surface area contributed by atoms with Crippen molar-refractivity contribution in [2.75, 3.05) is 5.32 Å². The molecule has 1 amide bonds. The van der Waals surface area contributed by atoms with Crippen molar-refractivity contribution in [3.05, 3.63) is 87.4 Å². The van der Waals surface area contributed by atoms with Crippen LogP contribution in [0.25, 0.3) is 22.0 Å². The molecular formula is C28H27ClFN5O2. The van der Waals surface area contributed by atoms with Crippen LogP contribution in [0.3, 0.4) is 0 Å². The molecule has 1 fully saturated rings. The van der Waals surface area contributed by atoms with Crippen LogP contribution in [0.1, 0.15) is 31.0 Å². The van der Waals surface area contributed by atoms with E-state index in [-0.39, 0.29) is 35.8 Å². The van der Waals surface area contributed by atoms with Gasteiger partial charge in [-0.25, -0.2) is 9.37 Å². The number of pyridine rings is 1. The van der Waals surface area contributed by atoms with E-state index in [4.69, 9.17) is 11.6 Å². The van der Waals surface area contributed by atoms with Crippen molar-refractivity contribution >= 4 is 34.1 Å². The van der Waals surface area contributed by atoms with Crippen LogP contribution in [0.15, 0.2) is 59.8 Å². The Morgan fingerprint density at radius 1 is 1.16 bits per heavy atom. The Morgan fingerprint density at radius 2 is 1.97 bits per heavy atom. The lowest BCUT2D eigenvalue weighted by atomic mass is 10.0. The molecule has 0 bridgehead atoms. The molecule has 1 atom stereocenters. The van der Waals surface area contributed by atoms with E-state index in [1.54, 1.807) is 12.3 Å². The highest BCUT2D eigenvalue weighted by molar-refractivity contribution is 6.31. The molecule has 2 aromatic carbocycles. The number of aryl methyl sites for hydroxylation is 1. The molecule has 0 radical (unpaired) electrons. The van der Waals surface area contributed by atoms with Gasteiger partial charge < -0.3 is 10.6 Å². The summed E-state index contributed by atoms with van der Waals surface area (Å²) in [6, 6.07) is 12.1. The summed E-state index contributed by atoms with van der Waals surface area (Å²) in [5.41, 5.74) is 4.41. The molecule has 1 aliphatic rings. The van der Waals surface area contributed by atoms with Crippen molar-refractivity contribution in [3.8, 4) is 11.1 Å². The Hall–Kier alpha value is -3.78. The Labute approximate surface area is 218 Å². The molecule has 37 heavy (non-hydrogen) atoms. The Kier molecular flexibility index (Phi) is 6.93. The first kappa shape index (κ1) is 24.9. The summed E-state index contributed by atoms with van der Waals surface area (Å²) in [5, 5.41) is 7.14. The van der Waals surface area contributed by atoms with Gasteiger partial charge in [0.25, 0.3) is 5.56 Å². The fourth-order valence-corrected chi connectivity index (χ4v) is 4.38. The molecule has 7 nitrogen and oxygen atoms in total. The van der Waals surface area contributed by atoms with Crippen molar-refractivity contribution < 1.29 is 9.18 Å². The number of nitrogens with one attached hydrogen (secondary N) is 2. The molecule has 1 saturated carbocycles. The zero-order valence-corrected chi connectivity index (χ0v) is 21.3. The van der Waals surface area contributed by atoms with Crippen molar-refractivity contribution in [2.24, 2.45) is 5.92 Å². The lowest BCUT2D eigenvalue weighted by molar-refractivity contribution is -0.125. The van der Waals surface area contributed by atoms with Crippen LogP contribution >= 0.6 is 11.6 Å². The highest BCUT2D eigenvalue weighted by atomic mass is 35.5. The highest BCUT2D eigenvalue weighted by Crippen LogP contribution is 2.27. The van der Waals surface area contributed by atoms with E-state index >= 15 is 0 Å². The average molecular weight is 520 g/mol. The maximum absolute atomic E-state index is 13.4. The number of nitrogens with zero attached hydrogens (tertiary/aromatic N) is 3. The molecule has 2 N–H and O–H groups in total. The Morgan fingerprint density at radius 3 is 2.73 bits per heavy atom. The predicted octanol–water partition coefficient (Wildman–Crippen LogP) is 5.09. The van der Waals surface area contributed by atoms with E-state index in [1.807, 2.05) is 38.1 Å². The summed E-state index contributed by atoms with van der Waals surface area (Å²) in [5.74, 6) is -0.768. The van der Waals surface area contributed by atoms with Gasteiger partial charge in [-0.2, -0.15) is 0 Å². The van der Waals surface area contributed by atoms with Gasteiger partial charge in [-0.15, -0.1) is 0 Å². The minimum Gasteiger partial charge on any atom is -0.379 e. The first-order chi connectivity index (χ1) is 17.8. The topological polar surface area (TPSA) is 88.9 Å². The number of carbonyl (C=O) groups excluding carboxylic acids is 1. The lowest BCUT2D eigenvalue weighted by Gasteiger charge is -2.14. The second kappa shape index (κ2) is 10.3. The molecule has 2 heterocycles. The van der Waals surface area contributed by atoms with E-state index in [0.717, 1.165) is 40.9 Å². The molecule has 9 heteroatoms. The van der Waals surface area contributed by atoms with E-state index in [2.05, 4.69) is 20.6 Å². The smallest absolute Gasteiger partial charge is 0.261 e. The van der Waals surface area contributed by atoms with Gasteiger partial charge in [0.05, 0.1) is 34.5 Å². The van der Waals surface area contributed by atoms with Crippen LogP contribution in [-0.4, -0.2) is 26.5 Å². The summed E-state index contributed by atoms with van der Waals surface area (Å²) >= 11 is 6.16. The number of aromatic nitrogens is 3. The second-order valence-corrected chi connectivity index (χ2v) is 9.97. The van der Waals surface area contributed by atoms with Gasteiger partial charge in [0, 0.05) is 35.9 Å². The summed E-state index contributed by atoms with van der Waals surface area (Å²) in [7, 11) is 0. The maximum atomic E-state index is 13.4. The maximum Gasteiger partial charge on any atom is 0.261 e. The van der Waals surface area contributed by atoms with Crippen LogP contribution in [0, 0.1) is 18.7 Å². The van der Waals surface area contributed by atoms with Crippen LogP contribution in [-0.2, 0) is 17.9 Å². The van der Waals surface area contributed by atoms with Gasteiger partial charge >= 0.3 is 0 Å². The fraction of sp³-hybridized carbons (Fsp3) is 0.286. The highest BCUT2D eigenvalue weighted by Gasteiger charge is 2.26. The minimum absolute atomic E-state index is 0.0454. The van der Waals surface area contributed by atoms with Crippen molar-refractivity contribution in [1.29, 1.82) is 0 Å². The molecule has 1 aliphatic carbocycles. The summed E-state index contributed by atoms with van der Waals surface area (Å²) in [6.07, 6.45) is 5.29. The zero-order valence-electron chi connectivity index (χ0n) is 20.6.